The summed E-state index contributed by atoms with van der Waals surface area (Å²) in [6, 6.07) is 20.6. The molecule has 0 saturated carbocycles. The maximum absolute atomic E-state index is 13.1. The van der Waals surface area contributed by atoms with Crippen LogP contribution in [0.5, 0.6) is 11.5 Å². The summed E-state index contributed by atoms with van der Waals surface area (Å²) >= 11 is 0. The van der Waals surface area contributed by atoms with E-state index in [1.165, 1.54) is 0 Å². The van der Waals surface area contributed by atoms with Gasteiger partial charge in [0.15, 0.2) is 11.4 Å². The Morgan fingerprint density at radius 2 is 1.53 bits per heavy atom. The monoisotopic (exact) mass is 397 g/mol. The Balaban J connectivity index is 1.70. The molecule has 5 aromatic rings. The van der Waals surface area contributed by atoms with Crippen molar-refractivity contribution in [2.45, 2.75) is 6.54 Å². The molecule has 0 aliphatic rings. The van der Waals surface area contributed by atoms with Crippen molar-refractivity contribution in [1.29, 1.82) is 0 Å². The molecule has 0 amide bonds. The van der Waals surface area contributed by atoms with Crippen LogP contribution in [0.1, 0.15) is 10.4 Å². The normalized spacial score (nSPS) is 11.3. The van der Waals surface area contributed by atoms with Crippen LogP contribution in [0.2, 0.25) is 0 Å². The molecule has 0 saturated heterocycles. The smallest absolute Gasteiger partial charge is 0.182 e. The van der Waals surface area contributed by atoms with Crippen LogP contribution in [0.4, 0.5) is 0 Å². The van der Waals surface area contributed by atoms with Gasteiger partial charge in [0.25, 0.3) is 0 Å². The molecule has 6 nitrogen and oxygen atoms in total. The fourth-order valence-electron chi connectivity index (χ4n) is 3.71. The van der Waals surface area contributed by atoms with Crippen LogP contribution in [0, 0.1) is 0 Å². The number of hydrogen-bond acceptors (Lipinski definition) is 5. The molecule has 0 unspecified atom stereocenters. The Bertz CT molecular complexity index is 1400. The number of methoxy groups -OCH3 is 2. The minimum atomic E-state index is -0.0118. The van der Waals surface area contributed by atoms with Gasteiger partial charge in [0, 0.05) is 10.9 Å². The van der Waals surface area contributed by atoms with E-state index in [9.17, 15) is 4.79 Å². The highest BCUT2D eigenvalue weighted by molar-refractivity contribution is 6.08. The largest absolute Gasteiger partial charge is 0.497 e. The molecule has 0 aliphatic heterocycles. The van der Waals surface area contributed by atoms with Gasteiger partial charge in [-0.25, -0.2) is 9.97 Å². The molecule has 2 aromatic heterocycles. The second kappa shape index (κ2) is 7.15. The van der Waals surface area contributed by atoms with Gasteiger partial charge in [0.1, 0.15) is 17.0 Å². The average Bonchev–Trinajstić information content (AvgIpc) is 3.09. The molecule has 2 heterocycles. The lowest BCUT2D eigenvalue weighted by molar-refractivity contribution is 0.0974. The van der Waals surface area contributed by atoms with Crippen LogP contribution in [0.3, 0.4) is 0 Å². The second-order valence-electron chi connectivity index (χ2n) is 7.01. The number of ketones is 1. The number of aromatic nitrogens is 3. The van der Waals surface area contributed by atoms with E-state index in [4.69, 9.17) is 19.4 Å². The molecule has 0 atom stereocenters. The first-order valence-electron chi connectivity index (χ1n) is 9.58. The number of nitrogens with zero attached hydrogens (tertiary/aromatic N) is 3. The Kier molecular flexibility index (Phi) is 4.32. The first kappa shape index (κ1) is 18.1. The highest BCUT2D eigenvalue weighted by Gasteiger charge is 2.18. The quantitative estimate of drug-likeness (QED) is 0.404. The summed E-state index contributed by atoms with van der Waals surface area (Å²) < 4.78 is 12.5. The predicted octanol–water partition coefficient (Wildman–Crippen LogP) is 4.64. The van der Waals surface area contributed by atoms with Crippen molar-refractivity contribution in [3.05, 3.63) is 72.3 Å². The van der Waals surface area contributed by atoms with Gasteiger partial charge in [-0.2, -0.15) is 0 Å². The summed E-state index contributed by atoms with van der Waals surface area (Å²) in [7, 11) is 3.24. The third-order valence-electron chi connectivity index (χ3n) is 5.27. The molecule has 3 aromatic carbocycles. The molecule has 6 heteroatoms. The molecular weight excluding hydrogens is 378 g/mol. The van der Waals surface area contributed by atoms with Crippen LogP contribution >= 0.6 is 0 Å². The van der Waals surface area contributed by atoms with Crippen LogP contribution in [0.25, 0.3) is 33.1 Å². The number of carbonyl (C=O) groups is 1. The van der Waals surface area contributed by atoms with E-state index in [2.05, 4.69) is 0 Å². The van der Waals surface area contributed by atoms with Gasteiger partial charge in [-0.15, -0.1) is 0 Å². The highest BCUT2D eigenvalue weighted by atomic mass is 16.5. The van der Waals surface area contributed by atoms with Crippen LogP contribution in [-0.2, 0) is 6.54 Å². The third kappa shape index (κ3) is 2.93. The number of para-hydroxylation sites is 2. The Morgan fingerprint density at radius 1 is 0.867 bits per heavy atom. The SMILES string of the molecule is COc1ccc(C(=O)Cn2c3ccc(OC)cc3c3nc4ccccc4nc32)cc1. The van der Waals surface area contributed by atoms with Crippen LogP contribution < -0.4 is 9.47 Å². The van der Waals surface area contributed by atoms with Crippen molar-refractivity contribution in [3.63, 3.8) is 0 Å². The minimum absolute atomic E-state index is 0.0118. The van der Waals surface area contributed by atoms with Gasteiger partial charge >= 0.3 is 0 Å². The van der Waals surface area contributed by atoms with Crippen molar-refractivity contribution in [2.24, 2.45) is 0 Å². The lowest BCUT2D eigenvalue weighted by atomic mass is 10.1. The number of hydrogen-bond donors (Lipinski definition) is 0. The number of rotatable bonds is 5. The van der Waals surface area contributed by atoms with Crippen molar-refractivity contribution in [2.75, 3.05) is 14.2 Å². The van der Waals surface area contributed by atoms with E-state index in [1.807, 2.05) is 47.0 Å². The zero-order valence-corrected chi connectivity index (χ0v) is 16.6. The van der Waals surface area contributed by atoms with E-state index < -0.39 is 0 Å². The van der Waals surface area contributed by atoms with Gasteiger partial charge in [-0.3, -0.25) is 4.79 Å². The minimum Gasteiger partial charge on any atom is -0.497 e. The summed E-state index contributed by atoms with van der Waals surface area (Å²) in [5, 5.41) is 0.908. The van der Waals surface area contributed by atoms with Gasteiger partial charge in [-0.1, -0.05) is 12.1 Å². The molecule has 0 N–H and O–H groups in total. The summed E-state index contributed by atoms with van der Waals surface area (Å²) in [5.74, 6) is 1.44. The second-order valence-corrected chi connectivity index (χ2v) is 7.01. The first-order chi connectivity index (χ1) is 14.7. The van der Waals surface area contributed by atoms with E-state index in [0.717, 1.165) is 33.2 Å². The molecular formula is C24H19N3O3. The summed E-state index contributed by atoms with van der Waals surface area (Å²) in [6.45, 7) is 0.158. The lowest BCUT2D eigenvalue weighted by Gasteiger charge is -2.08. The van der Waals surface area contributed by atoms with Crippen molar-refractivity contribution in [1.82, 2.24) is 14.5 Å². The fraction of sp³-hybridized carbons (Fsp3) is 0.125. The zero-order valence-electron chi connectivity index (χ0n) is 16.6. The summed E-state index contributed by atoms with van der Waals surface area (Å²) in [6.07, 6.45) is 0. The van der Waals surface area contributed by atoms with Gasteiger partial charge in [-0.05, 0) is 54.6 Å². The fourth-order valence-corrected chi connectivity index (χ4v) is 3.71. The molecule has 5 rings (SSSR count). The summed E-state index contributed by atoms with van der Waals surface area (Å²) in [4.78, 5) is 22.7. The number of carbonyl (C=O) groups excluding carboxylic acids is 1. The molecule has 0 fully saturated rings. The topological polar surface area (TPSA) is 66.2 Å². The van der Waals surface area contributed by atoms with Gasteiger partial charge in [0.2, 0.25) is 0 Å². The van der Waals surface area contributed by atoms with E-state index in [1.54, 1.807) is 38.5 Å². The predicted molar refractivity (Wildman–Crippen MR) is 116 cm³/mol. The van der Waals surface area contributed by atoms with Crippen LogP contribution in [0.15, 0.2) is 66.7 Å². The zero-order chi connectivity index (χ0) is 20.7. The number of Topliss-reactive ketones (excluding diaryl/α,β-unsaturated/α-hetero) is 1. The van der Waals surface area contributed by atoms with Crippen LogP contribution in [-0.4, -0.2) is 34.5 Å². The van der Waals surface area contributed by atoms with Crippen molar-refractivity contribution < 1.29 is 14.3 Å². The Labute approximate surface area is 172 Å². The van der Waals surface area contributed by atoms with Crippen molar-refractivity contribution in [3.8, 4) is 11.5 Å². The molecule has 0 bridgehead atoms. The van der Waals surface area contributed by atoms with Crippen molar-refractivity contribution >= 4 is 38.9 Å². The van der Waals surface area contributed by atoms with E-state index in [0.29, 0.717) is 17.0 Å². The third-order valence-corrected chi connectivity index (χ3v) is 5.27. The molecule has 0 spiro atoms. The Hall–Kier alpha value is -3.93. The number of fused-ring (bicyclic) bond motifs is 4. The molecule has 0 radical (unpaired) electrons. The maximum atomic E-state index is 13.1. The average molecular weight is 397 g/mol. The number of benzene rings is 3. The molecule has 148 valence electrons. The first-order valence-corrected chi connectivity index (χ1v) is 9.58. The van der Waals surface area contributed by atoms with E-state index >= 15 is 0 Å². The Morgan fingerprint density at radius 3 is 2.23 bits per heavy atom. The lowest BCUT2D eigenvalue weighted by Crippen LogP contribution is -2.11. The number of ether oxygens (including phenoxy) is 2. The highest BCUT2D eigenvalue weighted by Crippen LogP contribution is 2.31. The standard InChI is InChI=1S/C24H19N3O3/c1-29-16-9-7-15(8-10-16)22(28)14-27-21-12-11-17(30-2)13-18(21)23-24(27)26-20-6-4-3-5-19(20)25-23/h3-13H,14H2,1-2H3. The van der Waals surface area contributed by atoms with Gasteiger partial charge < -0.3 is 14.0 Å². The maximum Gasteiger partial charge on any atom is 0.182 e. The molecule has 0 aliphatic carbocycles. The summed E-state index contributed by atoms with van der Waals surface area (Å²) in [5.41, 5.74) is 4.55. The molecule has 30 heavy (non-hydrogen) atoms. The van der Waals surface area contributed by atoms with E-state index in [-0.39, 0.29) is 12.3 Å². The van der Waals surface area contributed by atoms with Gasteiger partial charge in [0.05, 0.1) is 37.3 Å².